The largest absolute Gasteiger partial charge is 0.271 e. The molecule has 20 heavy (non-hydrogen) atoms. The molecule has 2 aromatic rings. The van der Waals surface area contributed by atoms with Crippen LogP contribution in [0.4, 0.5) is 0 Å². The Labute approximate surface area is 125 Å². The molecule has 0 radical (unpaired) electrons. The van der Waals surface area contributed by atoms with Gasteiger partial charge in [0.25, 0.3) is 0 Å². The summed E-state index contributed by atoms with van der Waals surface area (Å²) >= 11 is 6.27. The summed E-state index contributed by atoms with van der Waals surface area (Å²) in [5.41, 5.74) is 6.26. The molecule has 0 saturated carbocycles. The first-order valence-electron chi connectivity index (χ1n) is 6.80. The van der Waals surface area contributed by atoms with Gasteiger partial charge in [0.15, 0.2) is 0 Å². The average molecular weight is 290 g/mol. The summed E-state index contributed by atoms with van der Waals surface area (Å²) in [6.45, 7) is 2.04. The Bertz CT molecular complexity index is 543. The fourth-order valence-electron chi connectivity index (χ4n) is 2.20. The van der Waals surface area contributed by atoms with Crippen molar-refractivity contribution in [2.45, 2.75) is 32.2 Å². The number of nitrogens with zero attached hydrogens (tertiary/aromatic N) is 1. The van der Waals surface area contributed by atoms with Gasteiger partial charge < -0.3 is 0 Å². The van der Waals surface area contributed by atoms with Gasteiger partial charge >= 0.3 is 0 Å². The Kier molecular flexibility index (Phi) is 5.53. The molecule has 1 heterocycles. The van der Waals surface area contributed by atoms with Crippen LogP contribution >= 0.6 is 11.6 Å². The third-order valence-electron chi connectivity index (χ3n) is 3.39. The van der Waals surface area contributed by atoms with E-state index in [0.29, 0.717) is 0 Å². The maximum Gasteiger partial charge on any atom is 0.0441 e. The number of halogens is 1. The first-order valence-corrected chi connectivity index (χ1v) is 7.18. The molecule has 2 rings (SSSR count). The number of aryl methyl sites for hydroxylation is 2. The minimum atomic E-state index is 0.192. The number of hydrogen-bond acceptors (Lipinski definition) is 3. The van der Waals surface area contributed by atoms with Crippen LogP contribution in [0.15, 0.2) is 42.6 Å². The van der Waals surface area contributed by atoms with Crippen LogP contribution in [0.25, 0.3) is 0 Å². The van der Waals surface area contributed by atoms with Crippen molar-refractivity contribution in [2.24, 2.45) is 5.84 Å². The molecular formula is C16H20ClN3. The third-order valence-corrected chi connectivity index (χ3v) is 3.74. The highest BCUT2D eigenvalue weighted by molar-refractivity contribution is 6.31. The first kappa shape index (κ1) is 15.0. The second-order valence-corrected chi connectivity index (χ2v) is 5.43. The summed E-state index contributed by atoms with van der Waals surface area (Å²) in [5, 5.41) is 0.808. The second-order valence-electron chi connectivity index (χ2n) is 5.02. The van der Waals surface area contributed by atoms with Crippen molar-refractivity contribution in [3.63, 3.8) is 0 Å². The Hall–Kier alpha value is -1.42. The van der Waals surface area contributed by atoms with Crippen molar-refractivity contribution < 1.29 is 0 Å². The number of pyridine rings is 1. The SMILES string of the molecule is Cc1ccc(CC(CCc2ccccn2)NN)c(Cl)c1. The normalized spacial score (nSPS) is 12.3. The molecule has 0 amide bonds. The average Bonchev–Trinajstić information content (AvgIpc) is 2.46. The van der Waals surface area contributed by atoms with Crippen LogP contribution < -0.4 is 11.3 Å². The zero-order chi connectivity index (χ0) is 14.4. The molecule has 106 valence electrons. The quantitative estimate of drug-likeness (QED) is 0.635. The molecule has 1 aromatic carbocycles. The second kappa shape index (κ2) is 7.39. The molecule has 1 aromatic heterocycles. The number of nitrogens with one attached hydrogen (secondary N) is 1. The van der Waals surface area contributed by atoms with Crippen LogP contribution in [-0.4, -0.2) is 11.0 Å². The molecule has 3 nitrogen and oxygen atoms in total. The highest BCUT2D eigenvalue weighted by Crippen LogP contribution is 2.20. The fourth-order valence-corrected chi connectivity index (χ4v) is 2.51. The van der Waals surface area contributed by atoms with Gasteiger partial charge in [0, 0.05) is 23.0 Å². The molecule has 0 saturated heterocycles. The van der Waals surface area contributed by atoms with E-state index >= 15 is 0 Å². The van der Waals surface area contributed by atoms with Crippen LogP contribution in [0.2, 0.25) is 5.02 Å². The lowest BCUT2D eigenvalue weighted by Gasteiger charge is -2.16. The molecule has 4 heteroatoms. The lowest BCUT2D eigenvalue weighted by Crippen LogP contribution is -2.37. The highest BCUT2D eigenvalue weighted by atomic mass is 35.5. The van der Waals surface area contributed by atoms with E-state index in [4.69, 9.17) is 17.4 Å². The van der Waals surface area contributed by atoms with E-state index < -0.39 is 0 Å². The molecule has 1 atom stereocenters. The summed E-state index contributed by atoms with van der Waals surface area (Å²) in [5.74, 6) is 5.65. The van der Waals surface area contributed by atoms with Crippen LogP contribution in [0.1, 0.15) is 23.2 Å². The van der Waals surface area contributed by atoms with Crippen molar-refractivity contribution >= 4 is 11.6 Å². The van der Waals surface area contributed by atoms with Crippen molar-refractivity contribution in [1.29, 1.82) is 0 Å². The zero-order valence-electron chi connectivity index (χ0n) is 11.6. The van der Waals surface area contributed by atoms with E-state index in [1.807, 2.05) is 37.4 Å². The van der Waals surface area contributed by atoms with Crippen LogP contribution in [0.3, 0.4) is 0 Å². The molecule has 1 unspecified atom stereocenters. The van der Waals surface area contributed by atoms with Crippen LogP contribution in [0.5, 0.6) is 0 Å². The summed E-state index contributed by atoms with van der Waals surface area (Å²) in [6, 6.07) is 12.3. The maximum absolute atomic E-state index is 6.27. The van der Waals surface area contributed by atoms with Gasteiger partial charge in [0.2, 0.25) is 0 Å². The zero-order valence-corrected chi connectivity index (χ0v) is 12.4. The summed E-state index contributed by atoms with van der Waals surface area (Å²) in [7, 11) is 0. The number of aromatic nitrogens is 1. The summed E-state index contributed by atoms with van der Waals surface area (Å²) in [6.07, 6.45) is 4.47. The lowest BCUT2D eigenvalue weighted by molar-refractivity contribution is 0.489. The van der Waals surface area contributed by atoms with E-state index in [1.54, 1.807) is 0 Å². The van der Waals surface area contributed by atoms with E-state index in [-0.39, 0.29) is 6.04 Å². The predicted molar refractivity (Wildman–Crippen MR) is 83.6 cm³/mol. The minimum Gasteiger partial charge on any atom is -0.271 e. The molecule has 0 aliphatic rings. The Balaban J connectivity index is 1.95. The molecule has 0 fully saturated rings. The van der Waals surface area contributed by atoms with Gasteiger partial charge in [-0.2, -0.15) is 0 Å². The summed E-state index contributed by atoms with van der Waals surface area (Å²) < 4.78 is 0. The highest BCUT2D eigenvalue weighted by Gasteiger charge is 2.11. The number of hydrazine groups is 1. The first-order chi connectivity index (χ1) is 9.69. The van der Waals surface area contributed by atoms with Gasteiger partial charge in [-0.15, -0.1) is 0 Å². The van der Waals surface area contributed by atoms with E-state index in [9.17, 15) is 0 Å². The number of hydrogen-bond donors (Lipinski definition) is 2. The Morgan fingerprint density at radius 1 is 1.30 bits per heavy atom. The van der Waals surface area contributed by atoms with E-state index in [2.05, 4.69) is 22.5 Å². The topological polar surface area (TPSA) is 50.9 Å². The molecule has 3 N–H and O–H groups in total. The van der Waals surface area contributed by atoms with Crippen LogP contribution in [0, 0.1) is 6.92 Å². The Morgan fingerprint density at radius 2 is 2.15 bits per heavy atom. The molecule has 0 bridgehead atoms. The smallest absolute Gasteiger partial charge is 0.0441 e. The number of benzene rings is 1. The van der Waals surface area contributed by atoms with Crippen molar-refractivity contribution in [1.82, 2.24) is 10.4 Å². The standard InChI is InChI=1S/C16H20ClN3/c1-12-5-6-13(16(17)10-12)11-15(20-18)8-7-14-4-2-3-9-19-14/h2-6,9-10,15,20H,7-8,11,18H2,1H3. The minimum absolute atomic E-state index is 0.192. The summed E-state index contributed by atoms with van der Waals surface area (Å²) in [4.78, 5) is 4.33. The third kappa shape index (κ3) is 4.30. The van der Waals surface area contributed by atoms with Crippen molar-refractivity contribution in [2.75, 3.05) is 0 Å². The monoisotopic (exact) mass is 289 g/mol. The van der Waals surface area contributed by atoms with Crippen molar-refractivity contribution in [3.05, 3.63) is 64.4 Å². The Morgan fingerprint density at radius 3 is 2.80 bits per heavy atom. The fraction of sp³-hybridized carbons (Fsp3) is 0.312. The number of rotatable bonds is 6. The molecule has 0 aliphatic carbocycles. The van der Waals surface area contributed by atoms with Crippen LogP contribution in [-0.2, 0) is 12.8 Å². The van der Waals surface area contributed by atoms with Gasteiger partial charge in [-0.1, -0.05) is 29.8 Å². The van der Waals surface area contributed by atoms with Gasteiger partial charge in [-0.3, -0.25) is 16.3 Å². The predicted octanol–water partition coefficient (Wildman–Crippen LogP) is 3.05. The van der Waals surface area contributed by atoms with E-state index in [1.165, 1.54) is 5.56 Å². The van der Waals surface area contributed by atoms with Gasteiger partial charge in [-0.05, 0) is 55.5 Å². The van der Waals surface area contributed by atoms with Crippen molar-refractivity contribution in [3.8, 4) is 0 Å². The maximum atomic E-state index is 6.27. The molecule has 0 spiro atoms. The molecule has 0 aliphatic heterocycles. The number of nitrogens with two attached hydrogens (primary N) is 1. The van der Waals surface area contributed by atoms with E-state index in [0.717, 1.165) is 35.5 Å². The lowest BCUT2D eigenvalue weighted by atomic mass is 10.0. The van der Waals surface area contributed by atoms with Gasteiger partial charge in [0.1, 0.15) is 0 Å². The molecular weight excluding hydrogens is 270 g/mol. The van der Waals surface area contributed by atoms with Gasteiger partial charge in [-0.25, -0.2) is 0 Å². The van der Waals surface area contributed by atoms with Gasteiger partial charge in [0.05, 0.1) is 0 Å².